The normalized spacial score (nSPS) is 12.6. The largest absolute Gasteiger partial charge is 0.347 e. The van der Waals surface area contributed by atoms with Crippen molar-refractivity contribution in [1.82, 2.24) is 15.2 Å². The number of amides is 1. The summed E-state index contributed by atoms with van der Waals surface area (Å²) in [6.07, 6.45) is 1.93. The quantitative estimate of drug-likeness (QED) is 0.850. The van der Waals surface area contributed by atoms with Gasteiger partial charge < -0.3 is 15.2 Å². The Hall–Kier alpha value is -1.30. The Kier molecular flexibility index (Phi) is 5.67. The Morgan fingerprint density at radius 2 is 2.09 bits per heavy atom. The highest BCUT2D eigenvalue weighted by atomic mass is 79.9. The fourth-order valence-electron chi connectivity index (χ4n) is 2.66. The van der Waals surface area contributed by atoms with E-state index in [1.807, 2.05) is 23.8 Å². The van der Waals surface area contributed by atoms with Gasteiger partial charge in [0.05, 0.1) is 0 Å². The number of rotatable bonds is 4. The molecule has 0 spiro atoms. The van der Waals surface area contributed by atoms with E-state index in [1.165, 1.54) is 11.1 Å². The van der Waals surface area contributed by atoms with Gasteiger partial charge in [-0.25, -0.2) is 0 Å². The number of hydrogen-bond acceptors (Lipinski definition) is 2. The van der Waals surface area contributed by atoms with Gasteiger partial charge in [-0.3, -0.25) is 4.79 Å². The van der Waals surface area contributed by atoms with Crippen molar-refractivity contribution in [1.29, 1.82) is 0 Å². The van der Waals surface area contributed by atoms with Crippen LogP contribution in [-0.4, -0.2) is 10.5 Å². The van der Waals surface area contributed by atoms with E-state index >= 15 is 0 Å². The molecule has 1 aromatic carbocycles. The summed E-state index contributed by atoms with van der Waals surface area (Å²) in [4.78, 5) is 12.3. The maximum Gasteiger partial charge on any atom is 0.268 e. The zero-order valence-electron chi connectivity index (χ0n) is 12.4. The third kappa shape index (κ3) is 3.54. The van der Waals surface area contributed by atoms with Crippen LogP contribution in [0.25, 0.3) is 0 Å². The molecule has 0 aliphatic carbocycles. The lowest BCUT2D eigenvalue weighted by molar-refractivity contribution is 0.0941. The molecule has 3 rings (SSSR count). The molecule has 4 nitrogen and oxygen atoms in total. The van der Waals surface area contributed by atoms with E-state index in [0.29, 0.717) is 12.2 Å². The Balaban J connectivity index is 0.00000176. The summed E-state index contributed by atoms with van der Waals surface area (Å²) in [6, 6.07) is 8.25. The summed E-state index contributed by atoms with van der Waals surface area (Å²) < 4.78 is 2.87. The highest BCUT2D eigenvalue weighted by molar-refractivity contribution is 9.10. The summed E-state index contributed by atoms with van der Waals surface area (Å²) in [5, 5.41) is 6.32. The van der Waals surface area contributed by atoms with Gasteiger partial charge in [0, 0.05) is 36.8 Å². The molecule has 1 aromatic heterocycles. The minimum atomic E-state index is -0.0406. The number of hydrogen-bond donors (Lipinski definition) is 2. The van der Waals surface area contributed by atoms with Crippen LogP contribution in [0.2, 0.25) is 0 Å². The molecule has 22 heavy (non-hydrogen) atoms. The van der Waals surface area contributed by atoms with Crippen LogP contribution in [-0.2, 0) is 26.2 Å². The second kappa shape index (κ2) is 7.31. The topological polar surface area (TPSA) is 46.1 Å². The lowest BCUT2D eigenvalue weighted by atomic mass is 10.1. The van der Waals surface area contributed by atoms with Crippen LogP contribution in [0.5, 0.6) is 0 Å². The fourth-order valence-corrected chi connectivity index (χ4v) is 3.12. The maximum atomic E-state index is 12.3. The standard InChI is InChI=1S/C16H18BrN3O.ClH/c1-2-20-10-14(17)6-15(20)16(21)19-7-11-3-4-12-8-18-9-13(12)5-11;/h3-6,10,18H,2,7-9H2,1H3,(H,19,21);1H. The molecule has 0 radical (unpaired) electrons. The van der Waals surface area contributed by atoms with E-state index in [2.05, 4.69) is 44.8 Å². The minimum Gasteiger partial charge on any atom is -0.347 e. The highest BCUT2D eigenvalue weighted by Crippen LogP contribution is 2.18. The molecule has 118 valence electrons. The van der Waals surface area contributed by atoms with Crippen molar-refractivity contribution in [2.45, 2.75) is 33.1 Å². The van der Waals surface area contributed by atoms with E-state index < -0.39 is 0 Å². The van der Waals surface area contributed by atoms with Crippen molar-refractivity contribution < 1.29 is 4.79 Å². The Morgan fingerprint density at radius 1 is 1.32 bits per heavy atom. The third-order valence-corrected chi connectivity index (χ3v) is 4.22. The number of halogens is 2. The van der Waals surface area contributed by atoms with Gasteiger partial charge in [-0.2, -0.15) is 0 Å². The Morgan fingerprint density at radius 3 is 2.86 bits per heavy atom. The molecular weight excluding hydrogens is 366 g/mol. The van der Waals surface area contributed by atoms with Gasteiger partial charge in [0.15, 0.2) is 0 Å². The molecular formula is C16H19BrClN3O. The molecule has 1 aliphatic heterocycles. The van der Waals surface area contributed by atoms with E-state index in [0.717, 1.165) is 29.7 Å². The van der Waals surface area contributed by atoms with Crippen molar-refractivity contribution in [2.24, 2.45) is 0 Å². The molecule has 0 bridgehead atoms. The Labute approximate surface area is 144 Å². The third-order valence-electron chi connectivity index (χ3n) is 3.79. The predicted octanol–water partition coefficient (Wildman–Crippen LogP) is 3.23. The van der Waals surface area contributed by atoms with Crippen molar-refractivity contribution in [2.75, 3.05) is 0 Å². The summed E-state index contributed by atoms with van der Waals surface area (Å²) in [7, 11) is 0. The molecule has 2 aromatic rings. The molecule has 6 heteroatoms. The summed E-state index contributed by atoms with van der Waals surface area (Å²) in [5.41, 5.74) is 4.52. The van der Waals surface area contributed by atoms with E-state index in [1.54, 1.807) is 0 Å². The van der Waals surface area contributed by atoms with Crippen molar-refractivity contribution in [3.63, 3.8) is 0 Å². The number of benzene rings is 1. The van der Waals surface area contributed by atoms with Crippen LogP contribution in [0.15, 0.2) is 34.9 Å². The number of aromatic nitrogens is 1. The molecule has 0 saturated carbocycles. The van der Waals surface area contributed by atoms with Crippen LogP contribution in [0, 0.1) is 0 Å². The SMILES string of the molecule is CCn1cc(Br)cc1C(=O)NCc1ccc2c(c1)CNC2.Cl. The van der Waals surface area contributed by atoms with Crippen LogP contribution in [0.4, 0.5) is 0 Å². The first kappa shape index (κ1) is 17.1. The zero-order valence-corrected chi connectivity index (χ0v) is 14.8. The van der Waals surface area contributed by atoms with E-state index in [-0.39, 0.29) is 18.3 Å². The van der Waals surface area contributed by atoms with Gasteiger partial charge in [0.1, 0.15) is 5.69 Å². The average molecular weight is 385 g/mol. The van der Waals surface area contributed by atoms with Crippen molar-refractivity contribution in [3.8, 4) is 0 Å². The van der Waals surface area contributed by atoms with Crippen LogP contribution in [0.3, 0.4) is 0 Å². The first-order valence-electron chi connectivity index (χ1n) is 7.12. The van der Waals surface area contributed by atoms with E-state index in [4.69, 9.17) is 0 Å². The first-order chi connectivity index (χ1) is 10.2. The van der Waals surface area contributed by atoms with Gasteiger partial charge in [-0.05, 0) is 45.6 Å². The van der Waals surface area contributed by atoms with E-state index in [9.17, 15) is 4.79 Å². The lowest BCUT2D eigenvalue weighted by Gasteiger charge is -2.09. The number of fused-ring (bicyclic) bond motifs is 1. The van der Waals surface area contributed by atoms with Gasteiger partial charge >= 0.3 is 0 Å². The summed E-state index contributed by atoms with van der Waals surface area (Å²) >= 11 is 3.41. The van der Waals surface area contributed by atoms with Crippen LogP contribution in [0.1, 0.15) is 34.1 Å². The first-order valence-corrected chi connectivity index (χ1v) is 7.92. The number of carbonyl (C=O) groups excluding carboxylic acids is 1. The second-order valence-electron chi connectivity index (χ2n) is 5.22. The number of nitrogens with one attached hydrogen (secondary N) is 2. The van der Waals surface area contributed by atoms with Crippen LogP contribution < -0.4 is 10.6 Å². The average Bonchev–Trinajstić information content (AvgIpc) is 3.09. The van der Waals surface area contributed by atoms with Crippen LogP contribution >= 0.6 is 28.3 Å². The van der Waals surface area contributed by atoms with Crippen molar-refractivity contribution in [3.05, 3.63) is 57.3 Å². The Bertz CT molecular complexity index is 684. The number of carbonyl (C=O) groups is 1. The molecule has 0 saturated heterocycles. The summed E-state index contributed by atoms with van der Waals surface area (Å²) in [5.74, 6) is -0.0406. The molecule has 0 atom stereocenters. The van der Waals surface area contributed by atoms with Crippen molar-refractivity contribution >= 4 is 34.2 Å². The smallest absolute Gasteiger partial charge is 0.268 e. The molecule has 1 aliphatic rings. The molecule has 2 heterocycles. The fraction of sp³-hybridized carbons (Fsp3) is 0.312. The van der Waals surface area contributed by atoms with Gasteiger partial charge in [-0.15, -0.1) is 12.4 Å². The zero-order chi connectivity index (χ0) is 14.8. The maximum absolute atomic E-state index is 12.3. The number of nitrogens with zero attached hydrogens (tertiary/aromatic N) is 1. The molecule has 0 fully saturated rings. The highest BCUT2D eigenvalue weighted by Gasteiger charge is 2.13. The monoisotopic (exact) mass is 383 g/mol. The van der Waals surface area contributed by atoms with Gasteiger partial charge in [0.25, 0.3) is 5.91 Å². The van der Waals surface area contributed by atoms with Gasteiger partial charge in [-0.1, -0.05) is 18.2 Å². The molecule has 0 unspecified atom stereocenters. The summed E-state index contributed by atoms with van der Waals surface area (Å²) in [6.45, 7) is 5.22. The molecule has 2 N–H and O–H groups in total. The predicted molar refractivity (Wildman–Crippen MR) is 93.2 cm³/mol. The number of aryl methyl sites for hydroxylation is 1. The molecule has 1 amide bonds. The lowest BCUT2D eigenvalue weighted by Crippen LogP contribution is -2.25. The second-order valence-corrected chi connectivity index (χ2v) is 6.13. The van der Waals surface area contributed by atoms with Gasteiger partial charge in [0.2, 0.25) is 0 Å². The minimum absolute atomic E-state index is 0.